The quantitative estimate of drug-likeness (QED) is 0.713. The highest BCUT2D eigenvalue weighted by atomic mass is 15.2. The Kier molecular flexibility index (Phi) is 2.89. The first-order chi connectivity index (χ1) is 6.31. The summed E-state index contributed by atoms with van der Waals surface area (Å²) in [6, 6.07) is 2.58. The fourth-order valence-electron chi connectivity index (χ4n) is 2.93. The Hall–Kier alpha value is -0.0800. The van der Waals surface area contributed by atoms with E-state index in [0.717, 1.165) is 18.1 Å². The molecular weight excluding hydrogens is 160 g/mol. The standard InChI is InChI=1S/C11H22N2/c1-3-6-12-9-7-10-4-5-11(8-9)13(10)2/h9-12H,3-8H2,1-2H3. The Morgan fingerprint density at radius 2 is 1.85 bits per heavy atom. The van der Waals surface area contributed by atoms with E-state index in [-0.39, 0.29) is 0 Å². The summed E-state index contributed by atoms with van der Waals surface area (Å²) in [6.45, 7) is 3.45. The van der Waals surface area contributed by atoms with Crippen molar-refractivity contribution < 1.29 is 0 Å². The Balaban J connectivity index is 1.84. The fraction of sp³-hybridized carbons (Fsp3) is 1.00. The van der Waals surface area contributed by atoms with Crippen molar-refractivity contribution in [2.75, 3.05) is 13.6 Å². The van der Waals surface area contributed by atoms with Crippen molar-refractivity contribution in [2.24, 2.45) is 0 Å². The van der Waals surface area contributed by atoms with E-state index >= 15 is 0 Å². The lowest BCUT2D eigenvalue weighted by Crippen LogP contribution is -2.47. The minimum atomic E-state index is 0.814. The summed E-state index contributed by atoms with van der Waals surface area (Å²) in [5.41, 5.74) is 0. The summed E-state index contributed by atoms with van der Waals surface area (Å²) in [5.74, 6) is 0. The van der Waals surface area contributed by atoms with Gasteiger partial charge in [-0.2, -0.15) is 0 Å². The van der Waals surface area contributed by atoms with Gasteiger partial charge in [-0.1, -0.05) is 6.92 Å². The zero-order chi connectivity index (χ0) is 9.26. The first-order valence-electron chi connectivity index (χ1n) is 5.76. The molecule has 0 aromatic carbocycles. The van der Waals surface area contributed by atoms with Crippen LogP contribution in [0.3, 0.4) is 0 Å². The number of piperidine rings is 1. The van der Waals surface area contributed by atoms with Gasteiger partial charge in [-0.15, -0.1) is 0 Å². The molecule has 0 saturated carbocycles. The van der Waals surface area contributed by atoms with Crippen molar-refractivity contribution in [3.8, 4) is 0 Å². The molecule has 0 aliphatic carbocycles. The van der Waals surface area contributed by atoms with Crippen LogP contribution in [0.2, 0.25) is 0 Å². The Bertz CT molecular complexity index is 155. The lowest BCUT2D eigenvalue weighted by molar-refractivity contribution is 0.149. The number of rotatable bonds is 3. The van der Waals surface area contributed by atoms with Crippen LogP contribution in [0.25, 0.3) is 0 Å². The van der Waals surface area contributed by atoms with Crippen LogP contribution in [-0.4, -0.2) is 36.6 Å². The van der Waals surface area contributed by atoms with E-state index in [9.17, 15) is 0 Å². The van der Waals surface area contributed by atoms with Gasteiger partial charge in [0.2, 0.25) is 0 Å². The number of hydrogen-bond acceptors (Lipinski definition) is 2. The highest BCUT2D eigenvalue weighted by Gasteiger charge is 2.37. The molecule has 0 radical (unpaired) electrons. The van der Waals surface area contributed by atoms with Gasteiger partial charge in [0.15, 0.2) is 0 Å². The number of nitrogens with zero attached hydrogens (tertiary/aromatic N) is 1. The van der Waals surface area contributed by atoms with E-state index < -0.39 is 0 Å². The lowest BCUT2D eigenvalue weighted by Gasteiger charge is -2.36. The highest BCUT2D eigenvalue weighted by molar-refractivity contribution is 4.95. The average Bonchev–Trinajstić information content (AvgIpc) is 2.41. The lowest BCUT2D eigenvalue weighted by atomic mass is 9.98. The molecule has 2 heteroatoms. The van der Waals surface area contributed by atoms with Crippen molar-refractivity contribution >= 4 is 0 Å². The molecule has 76 valence electrons. The zero-order valence-corrected chi connectivity index (χ0v) is 8.92. The molecular formula is C11H22N2. The van der Waals surface area contributed by atoms with Crippen LogP contribution in [0.1, 0.15) is 39.0 Å². The van der Waals surface area contributed by atoms with Crippen LogP contribution in [0.15, 0.2) is 0 Å². The van der Waals surface area contributed by atoms with Gasteiger partial charge in [0.05, 0.1) is 0 Å². The Morgan fingerprint density at radius 1 is 1.23 bits per heavy atom. The second-order valence-electron chi connectivity index (χ2n) is 4.67. The smallest absolute Gasteiger partial charge is 0.0111 e. The minimum absolute atomic E-state index is 0.814. The van der Waals surface area contributed by atoms with Crippen LogP contribution in [-0.2, 0) is 0 Å². The third kappa shape index (κ3) is 1.89. The molecule has 2 fully saturated rings. The molecule has 0 aromatic heterocycles. The molecule has 2 aliphatic heterocycles. The van der Waals surface area contributed by atoms with E-state index in [0.29, 0.717) is 0 Å². The molecule has 0 spiro atoms. The van der Waals surface area contributed by atoms with Gasteiger partial charge in [-0.25, -0.2) is 0 Å². The molecule has 2 saturated heterocycles. The van der Waals surface area contributed by atoms with Crippen molar-refractivity contribution in [1.29, 1.82) is 0 Å². The van der Waals surface area contributed by atoms with E-state index in [1.54, 1.807) is 0 Å². The molecule has 2 unspecified atom stereocenters. The third-order valence-corrected chi connectivity index (χ3v) is 3.78. The van der Waals surface area contributed by atoms with Gasteiger partial charge in [-0.3, -0.25) is 0 Å². The fourth-order valence-corrected chi connectivity index (χ4v) is 2.93. The molecule has 1 N–H and O–H groups in total. The molecule has 2 bridgehead atoms. The summed E-state index contributed by atoms with van der Waals surface area (Å²) in [6.07, 6.45) is 6.90. The summed E-state index contributed by atoms with van der Waals surface area (Å²) in [5, 5.41) is 3.67. The van der Waals surface area contributed by atoms with Crippen LogP contribution in [0.5, 0.6) is 0 Å². The van der Waals surface area contributed by atoms with Gasteiger partial charge in [0.25, 0.3) is 0 Å². The second-order valence-corrected chi connectivity index (χ2v) is 4.67. The number of hydrogen-bond donors (Lipinski definition) is 1. The van der Waals surface area contributed by atoms with Crippen LogP contribution in [0.4, 0.5) is 0 Å². The molecule has 2 aliphatic rings. The van der Waals surface area contributed by atoms with E-state index in [2.05, 4.69) is 24.2 Å². The van der Waals surface area contributed by atoms with Gasteiger partial charge in [-0.05, 0) is 45.7 Å². The molecule has 0 amide bonds. The second kappa shape index (κ2) is 3.97. The SMILES string of the molecule is CCCNC1CC2CCC(C1)N2C. The molecule has 2 heterocycles. The summed E-state index contributed by atoms with van der Waals surface area (Å²) >= 11 is 0. The molecule has 2 rings (SSSR count). The van der Waals surface area contributed by atoms with Crippen LogP contribution in [0, 0.1) is 0 Å². The zero-order valence-electron chi connectivity index (χ0n) is 8.92. The largest absolute Gasteiger partial charge is 0.314 e. The van der Waals surface area contributed by atoms with Crippen LogP contribution < -0.4 is 5.32 Å². The third-order valence-electron chi connectivity index (χ3n) is 3.78. The molecule has 2 nitrogen and oxygen atoms in total. The number of fused-ring (bicyclic) bond motifs is 2. The Labute approximate surface area is 81.7 Å². The van der Waals surface area contributed by atoms with E-state index in [1.807, 2.05) is 0 Å². The first-order valence-corrected chi connectivity index (χ1v) is 5.76. The molecule has 2 atom stereocenters. The van der Waals surface area contributed by atoms with Crippen molar-refractivity contribution in [3.05, 3.63) is 0 Å². The van der Waals surface area contributed by atoms with Crippen molar-refractivity contribution in [3.63, 3.8) is 0 Å². The topological polar surface area (TPSA) is 15.3 Å². The molecule has 13 heavy (non-hydrogen) atoms. The Morgan fingerprint density at radius 3 is 2.38 bits per heavy atom. The van der Waals surface area contributed by atoms with Crippen molar-refractivity contribution in [2.45, 2.75) is 57.2 Å². The van der Waals surface area contributed by atoms with Gasteiger partial charge < -0.3 is 10.2 Å². The van der Waals surface area contributed by atoms with Gasteiger partial charge in [0, 0.05) is 18.1 Å². The highest BCUT2D eigenvalue weighted by Crippen LogP contribution is 2.33. The van der Waals surface area contributed by atoms with E-state index in [1.165, 1.54) is 38.6 Å². The maximum atomic E-state index is 3.67. The molecule has 0 aromatic rings. The van der Waals surface area contributed by atoms with Gasteiger partial charge in [0.1, 0.15) is 0 Å². The van der Waals surface area contributed by atoms with Gasteiger partial charge >= 0.3 is 0 Å². The number of nitrogens with one attached hydrogen (secondary N) is 1. The average molecular weight is 182 g/mol. The summed E-state index contributed by atoms with van der Waals surface area (Å²) in [7, 11) is 2.30. The summed E-state index contributed by atoms with van der Waals surface area (Å²) in [4.78, 5) is 2.60. The summed E-state index contributed by atoms with van der Waals surface area (Å²) < 4.78 is 0. The first kappa shape index (κ1) is 9.47. The predicted octanol–water partition coefficient (Wildman–Crippen LogP) is 1.61. The van der Waals surface area contributed by atoms with Crippen LogP contribution >= 0.6 is 0 Å². The predicted molar refractivity (Wildman–Crippen MR) is 55.9 cm³/mol. The van der Waals surface area contributed by atoms with Crippen molar-refractivity contribution in [1.82, 2.24) is 10.2 Å². The maximum Gasteiger partial charge on any atom is 0.0111 e. The normalized spacial score (nSPS) is 39.7. The van der Waals surface area contributed by atoms with E-state index in [4.69, 9.17) is 0 Å². The maximum absolute atomic E-state index is 3.67. The minimum Gasteiger partial charge on any atom is -0.314 e. The monoisotopic (exact) mass is 182 g/mol.